The lowest BCUT2D eigenvalue weighted by Gasteiger charge is -2.21. The maximum atomic E-state index is 11.6. The molecule has 86 valence electrons. The van der Waals surface area contributed by atoms with E-state index in [0.717, 1.165) is 11.3 Å². The minimum absolute atomic E-state index is 0.0459. The van der Waals surface area contributed by atoms with E-state index in [-0.39, 0.29) is 18.6 Å². The zero-order valence-corrected chi connectivity index (χ0v) is 9.31. The van der Waals surface area contributed by atoms with E-state index in [1.54, 1.807) is 4.90 Å². The molecule has 1 heterocycles. The molecule has 0 radical (unpaired) electrons. The molecule has 1 saturated heterocycles. The summed E-state index contributed by atoms with van der Waals surface area (Å²) >= 11 is 0. The number of para-hydroxylation sites is 1. The van der Waals surface area contributed by atoms with E-state index in [1.165, 1.54) is 0 Å². The molecule has 0 spiro atoms. The van der Waals surface area contributed by atoms with Crippen LogP contribution in [0.15, 0.2) is 24.3 Å². The van der Waals surface area contributed by atoms with Crippen LogP contribution in [0.1, 0.15) is 18.4 Å². The number of rotatable bonds is 3. The van der Waals surface area contributed by atoms with Crippen molar-refractivity contribution in [2.45, 2.75) is 12.8 Å². The van der Waals surface area contributed by atoms with Crippen LogP contribution in [0.5, 0.6) is 0 Å². The lowest BCUT2D eigenvalue weighted by molar-refractivity contribution is 0.251. The third kappa shape index (κ3) is 1.88. The minimum Gasteiger partial charge on any atom is -0.396 e. The van der Waals surface area contributed by atoms with Gasteiger partial charge in [-0.15, -0.1) is 0 Å². The maximum absolute atomic E-state index is 11.6. The smallest absolute Gasteiger partial charge is 0.322 e. The highest BCUT2D eigenvalue weighted by atomic mass is 16.3. The fourth-order valence-electron chi connectivity index (χ4n) is 1.95. The van der Waals surface area contributed by atoms with Crippen LogP contribution in [0, 0.1) is 0 Å². The van der Waals surface area contributed by atoms with Gasteiger partial charge in [0.2, 0.25) is 0 Å². The van der Waals surface area contributed by atoms with Gasteiger partial charge in [0.1, 0.15) is 0 Å². The lowest BCUT2D eigenvalue weighted by atomic mass is 9.99. The van der Waals surface area contributed by atoms with Crippen LogP contribution in [0.4, 0.5) is 10.5 Å². The van der Waals surface area contributed by atoms with Gasteiger partial charge in [-0.1, -0.05) is 25.1 Å². The summed E-state index contributed by atoms with van der Waals surface area (Å²) in [4.78, 5) is 13.3. The first-order valence-electron chi connectivity index (χ1n) is 5.49. The van der Waals surface area contributed by atoms with E-state index in [2.05, 4.69) is 5.32 Å². The van der Waals surface area contributed by atoms with Crippen molar-refractivity contribution < 1.29 is 9.90 Å². The molecule has 2 rings (SSSR count). The second-order valence-corrected chi connectivity index (χ2v) is 4.03. The van der Waals surface area contributed by atoms with Crippen LogP contribution >= 0.6 is 0 Å². The van der Waals surface area contributed by atoms with Crippen molar-refractivity contribution >= 4 is 11.7 Å². The van der Waals surface area contributed by atoms with Crippen molar-refractivity contribution in [3.8, 4) is 0 Å². The molecular formula is C12H16N2O2. The third-order valence-corrected chi connectivity index (χ3v) is 2.89. The zero-order valence-electron chi connectivity index (χ0n) is 9.31. The summed E-state index contributed by atoms with van der Waals surface area (Å²) in [6, 6.07) is 7.67. The Kier molecular flexibility index (Phi) is 3.10. The zero-order chi connectivity index (χ0) is 11.5. The molecule has 0 saturated carbocycles. The number of benzene rings is 1. The van der Waals surface area contributed by atoms with E-state index in [1.807, 2.05) is 31.2 Å². The number of urea groups is 1. The monoisotopic (exact) mass is 220 g/mol. The molecule has 1 fully saturated rings. The van der Waals surface area contributed by atoms with Crippen molar-refractivity contribution in [2.75, 3.05) is 24.6 Å². The Bertz CT molecular complexity index is 392. The second-order valence-electron chi connectivity index (χ2n) is 4.03. The van der Waals surface area contributed by atoms with Gasteiger partial charge in [0.25, 0.3) is 0 Å². The standard InChI is InChI=1S/C12H16N2O2/c1-9(8-15)10-4-2-3-5-11(10)14-7-6-13-12(14)16/h2-5,9,15H,6-8H2,1H3,(H,13,16). The molecule has 1 aliphatic rings. The van der Waals surface area contributed by atoms with Gasteiger partial charge >= 0.3 is 6.03 Å². The second kappa shape index (κ2) is 4.53. The number of aliphatic hydroxyl groups is 1. The van der Waals surface area contributed by atoms with Gasteiger partial charge in [-0.05, 0) is 11.6 Å². The number of hydrogen-bond donors (Lipinski definition) is 2. The molecule has 2 N–H and O–H groups in total. The topological polar surface area (TPSA) is 52.6 Å². The number of carbonyl (C=O) groups is 1. The number of hydrogen-bond acceptors (Lipinski definition) is 2. The molecule has 0 aliphatic carbocycles. The Morgan fingerprint density at radius 3 is 2.88 bits per heavy atom. The number of nitrogens with one attached hydrogen (secondary N) is 1. The van der Waals surface area contributed by atoms with Crippen molar-refractivity contribution in [2.24, 2.45) is 0 Å². The van der Waals surface area contributed by atoms with Crippen molar-refractivity contribution in [1.82, 2.24) is 5.32 Å². The first kappa shape index (κ1) is 11.0. The average molecular weight is 220 g/mol. The number of carbonyl (C=O) groups excluding carboxylic acids is 1. The Morgan fingerprint density at radius 2 is 2.25 bits per heavy atom. The summed E-state index contributed by atoms with van der Waals surface area (Å²) < 4.78 is 0. The molecule has 0 aromatic heterocycles. The van der Waals surface area contributed by atoms with Crippen LogP contribution in [0.3, 0.4) is 0 Å². The fourth-order valence-corrected chi connectivity index (χ4v) is 1.95. The molecule has 4 heteroatoms. The molecule has 1 unspecified atom stereocenters. The van der Waals surface area contributed by atoms with E-state index < -0.39 is 0 Å². The number of amides is 2. The fraction of sp³-hybridized carbons (Fsp3) is 0.417. The summed E-state index contributed by atoms with van der Waals surface area (Å²) in [5.74, 6) is 0.0459. The van der Waals surface area contributed by atoms with E-state index in [9.17, 15) is 9.90 Å². The first-order valence-corrected chi connectivity index (χ1v) is 5.49. The van der Waals surface area contributed by atoms with Crippen LogP contribution in [-0.4, -0.2) is 30.8 Å². The van der Waals surface area contributed by atoms with E-state index in [0.29, 0.717) is 13.1 Å². The van der Waals surface area contributed by atoms with Crippen LogP contribution in [0.25, 0.3) is 0 Å². The summed E-state index contributed by atoms with van der Waals surface area (Å²) in [5.41, 5.74) is 1.92. The Balaban J connectivity index is 2.36. The Morgan fingerprint density at radius 1 is 1.50 bits per heavy atom. The van der Waals surface area contributed by atoms with Crippen molar-refractivity contribution in [3.63, 3.8) is 0 Å². The summed E-state index contributed by atoms with van der Waals surface area (Å²) in [5, 5.41) is 12.0. The lowest BCUT2D eigenvalue weighted by Crippen LogP contribution is -2.28. The summed E-state index contributed by atoms with van der Waals surface area (Å²) in [6.07, 6.45) is 0. The quantitative estimate of drug-likeness (QED) is 0.807. The molecule has 0 bridgehead atoms. The van der Waals surface area contributed by atoms with Gasteiger partial charge < -0.3 is 10.4 Å². The normalized spacial score (nSPS) is 17.4. The molecule has 16 heavy (non-hydrogen) atoms. The van der Waals surface area contributed by atoms with Crippen LogP contribution in [-0.2, 0) is 0 Å². The highest BCUT2D eigenvalue weighted by molar-refractivity contribution is 5.94. The van der Waals surface area contributed by atoms with Gasteiger partial charge in [0.15, 0.2) is 0 Å². The minimum atomic E-state index is -0.0578. The molecule has 4 nitrogen and oxygen atoms in total. The van der Waals surface area contributed by atoms with Crippen LogP contribution < -0.4 is 10.2 Å². The highest BCUT2D eigenvalue weighted by Gasteiger charge is 2.24. The number of anilines is 1. The molecular weight excluding hydrogens is 204 g/mol. The molecule has 2 amide bonds. The third-order valence-electron chi connectivity index (χ3n) is 2.89. The molecule has 1 aromatic rings. The number of aliphatic hydroxyl groups excluding tert-OH is 1. The predicted molar refractivity (Wildman–Crippen MR) is 62.7 cm³/mol. The largest absolute Gasteiger partial charge is 0.396 e. The maximum Gasteiger partial charge on any atom is 0.322 e. The van der Waals surface area contributed by atoms with E-state index in [4.69, 9.17) is 0 Å². The van der Waals surface area contributed by atoms with Gasteiger partial charge in [-0.2, -0.15) is 0 Å². The SMILES string of the molecule is CC(CO)c1ccccc1N1CCNC1=O. The van der Waals surface area contributed by atoms with E-state index >= 15 is 0 Å². The van der Waals surface area contributed by atoms with Crippen molar-refractivity contribution in [1.29, 1.82) is 0 Å². The molecule has 1 atom stereocenters. The number of nitrogens with zero attached hydrogens (tertiary/aromatic N) is 1. The highest BCUT2D eigenvalue weighted by Crippen LogP contribution is 2.28. The summed E-state index contributed by atoms with van der Waals surface area (Å²) in [7, 11) is 0. The average Bonchev–Trinajstić information content (AvgIpc) is 2.74. The van der Waals surface area contributed by atoms with Gasteiger partial charge in [-0.3, -0.25) is 4.90 Å². The van der Waals surface area contributed by atoms with Gasteiger partial charge in [-0.25, -0.2) is 4.79 Å². The molecule has 1 aromatic carbocycles. The Hall–Kier alpha value is -1.55. The van der Waals surface area contributed by atoms with Crippen LogP contribution in [0.2, 0.25) is 0 Å². The molecule has 1 aliphatic heterocycles. The first-order chi connectivity index (χ1) is 7.74. The van der Waals surface area contributed by atoms with Crippen molar-refractivity contribution in [3.05, 3.63) is 29.8 Å². The Labute approximate surface area is 94.9 Å². The van der Waals surface area contributed by atoms with Gasteiger partial charge in [0.05, 0.1) is 0 Å². The predicted octanol–water partition coefficient (Wildman–Crippen LogP) is 1.31. The summed E-state index contributed by atoms with van der Waals surface area (Å²) in [6.45, 7) is 3.41. The van der Waals surface area contributed by atoms with Gasteiger partial charge in [0, 0.05) is 31.3 Å².